The lowest BCUT2D eigenvalue weighted by Gasteiger charge is -2.09. The summed E-state index contributed by atoms with van der Waals surface area (Å²) in [5.41, 5.74) is 0.397. The van der Waals surface area contributed by atoms with E-state index in [1.54, 1.807) is 24.3 Å². The topological polar surface area (TPSA) is 107 Å². The molecule has 130 valence electrons. The molecule has 0 radical (unpaired) electrons. The Hall–Kier alpha value is -3.52. The van der Waals surface area contributed by atoms with Crippen LogP contribution in [0, 0.1) is 10.1 Å². The van der Waals surface area contributed by atoms with E-state index in [9.17, 15) is 14.9 Å². The Bertz CT molecular complexity index is 966. The highest BCUT2D eigenvalue weighted by molar-refractivity contribution is 6.34. The number of hydrogen-bond donors (Lipinski definition) is 1. The highest BCUT2D eigenvalue weighted by Crippen LogP contribution is 2.25. The average molecular weight is 371 g/mol. The van der Waals surface area contributed by atoms with E-state index in [0.29, 0.717) is 17.3 Å². The van der Waals surface area contributed by atoms with Crippen LogP contribution in [-0.2, 0) is 0 Å². The maximum atomic E-state index is 12.4. The van der Waals surface area contributed by atoms with Crippen molar-refractivity contribution in [3.63, 3.8) is 0 Å². The van der Waals surface area contributed by atoms with E-state index in [-0.39, 0.29) is 16.3 Å². The standard InChI is InChI=1S/C17H11ClN4O4/c18-15-9-12(22(24)25)4-5-14(15)17(23)21-11-2-1-3-13(8-11)26-16-10-19-6-7-20-16/h1-10H,(H,21,23). The van der Waals surface area contributed by atoms with Gasteiger partial charge in [-0.2, -0.15) is 0 Å². The van der Waals surface area contributed by atoms with Gasteiger partial charge in [-0.1, -0.05) is 17.7 Å². The predicted molar refractivity (Wildman–Crippen MR) is 94.6 cm³/mol. The molecule has 1 N–H and O–H groups in total. The maximum absolute atomic E-state index is 12.4. The van der Waals surface area contributed by atoms with Gasteiger partial charge in [-0.3, -0.25) is 19.9 Å². The number of hydrogen-bond acceptors (Lipinski definition) is 6. The number of amides is 1. The zero-order valence-corrected chi connectivity index (χ0v) is 13.9. The molecular formula is C17H11ClN4O4. The van der Waals surface area contributed by atoms with Crippen molar-refractivity contribution in [3.8, 4) is 11.6 Å². The van der Waals surface area contributed by atoms with E-state index < -0.39 is 10.8 Å². The number of nitrogens with one attached hydrogen (secondary N) is 1. The van der Waals surface area contributed by atoms with Gasteiger partial charge < -0.3 is 10.1 Å². The van der Waals surface area contributed by atoms with E-state index >= 15 is 0 Å². The molecule has 0 atom stereocenters. The van der Waals surface area contributed by atoms with Crippen molar-refractivity contribution in [3.05, 3.63) is 81.8 Å². The van der Waals surface area contributed by atoms with E-state index in [4.69, 9.17) is 16.3 Å². The molecule has 3 aromatic rings. The number of anilines is 1. The Morgan fingerprint density at radius 2 is 2.04 bits per heavy atom. The van der Waals surface area contributed by atoms with Crippen LogP contribution in [0.1, 0.15) is 10.4 Å². The normalized spacial score (nSPS) is 10.2. The highest BCUT2D eigenvalue weighted by Gasteiger charge is 2.15. The minimum atomic E-state index is -0.582. The maximum Gasteiger partial charge on any atom is 0.270 e. The van der Waals surface area contributed by atoms with Crippen LogP contribution in [0.15, 0.2) is 61.1 Å². The molecule has 0 spiro atoms. The number of carbonyl (C=O) groups excluding carboxylic acids is 1. The third-order valence-corrected chi connectivity index (χ3v) is 3.57. The van der Waals surface area contributed by atoms with Crippen LogP contribution >= 0.6 is 11.6 Å². The zero-order valence-electron chi connectivity index (χ0n) is 13.1. The molecule has 0 saturated heterocycles. The Balaban J connectivity index is 1.75. The Labute approximate surface area is 152 Å². The molecule has 26 heavy (non-hydrogen) atoms. The van der Waals surface area contributed by atoms with Gasteiger partial charge in [-0.25, -0.2) is 4.98 Å². The van der Waals surface area contributed by atoms with Crippen molar-refractivity contribution in [1.29, 1.82) is 0 Å². The number of benzene rings is 2. The number of nitro groups is 1. The number of aromatic nitrogens is 2. The van der Waals surface area contributed by atoms with Gasteiger partial charge >= 0.3 is 0 Å². The summed E-state index contributed by atoms with van der Waals surface area (Å²) in [4.78, 5) is 30.4. The van der Waals surface area contributed by atoms with Gasteiger partial charge in [0.15, 0.2) is 0 Å². The van der Waals surface area contributed by atoms with Crippen LogP contribution in [-0.4, -0.2) is 20.8 Å². The van der Waals surface area contributed by atoms with E-state index in [1.165, 1.54) is 30.7 Å². The fourth-order valence-corrected chi connectivity index (χ4v) is 2.36. The fraction of sp³-hybridized carbons (Fsp3) is 0. The molecular weight excluding hydrogens is 360 g/mol. The lowest BCUT2D eigenvalue weighted by atomic mass is 10.2. The molecule has 1 heterocycles. The fourth-order valence-electron chi connectivity index (χ4n) is 2.10. The molecule has 9 heteroatoms. The number of rotatable bonds is 5. The van der Waals surface area contributed by atoms with Crippen molar-refractivity contribution >= 4 is 28.9 Å². The van der Waals surface area contributed by atoms with Gasteiger partial charge in [0, 0.05) is 36.3 Å². The van der Waals surface area contributed by atoms with Crippen molar-refractivity contribution in [2.75, 3.05) is 5.32 Å². The smallest absolute Gasteiger partial charge is 0.270 e. The Kier molecular flexibility index (Phi) is 5.04. The van der Waals surface area contributed by atoms with Gasteiger partial charge in [0.1, 0.15) is 5.75 Å². The number of nitrogens with zero attached hydrogens (tertiary/aromatic N) is 3. The summed E-state index contributed by atoms with van der Waals surface area (Å²) in [6.07, 6.45) is 4.48. The molecule has 0 aliphatic carbocycles. The second-order valence-electron chi connectivity index (χ2n) is 5.05. The molecule has 1 amide bonds. The summed E-state index contributed by atoms with van der Waals surface area (Å²) < 4.78 is 5.55. The van der Waals surface area contributed by atoms with Crippen molar-refractivity contribution in [2.24, 2.45) is 0 Å². The molecule has 8 nitrogen and oxygen atoms in total. The molecule has 0 fully saturated rings. The minimum absolute atomic E-state index is 0.0105. The minimum Gasteiger partial charge on any atom is -0.437 e. The van der Waals surface area contributed by atoms with Crippen molar-refractivity contribution in [2.45, 2.75) is 0 Å². The lowest BCUT2D eigenvalue weighted by molar-refractivity contribution is -0.384. The first-order chi connectivity index (χ1) is 12.5. The molecule has 0 bridgehead atoms. The number of carbonyl (C=O) groups is 1. The van der Waals surface area contributed by atoms with Crippen LogP contribution < -0.4 is 10.1 Å². The van der Waals surface area contributed by atoms with Gasteiger partial charge in [0.05, 0.1) is 21.7 Å². The second kappa shape index (κ2) is 7.58. The number of ether oxygens (including phenoxy) is 1. The number of non-ortho nitro benzene ring substituents is 1. The zero-order chi connectivity index (χ0) is 18.5. The summed E-state index contributed by atoms with van der Waals surface area (Å²) in [7, 11) is 0. The van der Waals surface area contributed by atoms with Crippen molar-refractivity contribution < 1.29 is 14.5 Å². The van der Waals surface area contributed by atoms with Gasteiger partial charge in [-0.15, -0.1) is 0 Å². The predicted octanol–water partition coefficient (Wildman–Crippen LogP) is 4.08. The molecule has 0 aliphatic heterocycles. The van der Waals surface area contributed by atoms with Crippen molar-refractivity contribution in [1.82, 2.24) is 9.97 Å². The lowest BCUT2D eigenvalue weighted by Crippen LogP contribution is -2.12. The quantitative estimate of drug-likeness (QED) is 0.535. The SMILES string of the molecule is O=C(Nc1cccc(Oc2cnccn2)c1)c1ccc([N+](=O)[O-])cc1Cl. The number of halogens is 1. The first kappa shape index (κ1) is 17.3. The Morgan fingerprint density at radius 3 is 2.73 bits per heavy atom. The van der Waals surface area contributed by atoms with Crippen LogP contribution in [0.2, 0.25) is 5.02 Å². The number of nitro benzene ring substituents is 1. The monoisotopic (exact) mass is 370 g/mol. The largest absolute Gasteiger partial charge is 0.437 e. The van der Waals surface area contributed by atoms with Crippen LogP contribution in [0.5, 0.6) is 11.6 Å². The summed E-state index contributed by atoms with van der Waals surface area (Å²) >= 11 is 5.97. The van der Waals surface area contributed by atoms with Crippen LogP contribution in [0.4, 0.5) is 11.4 Å². The molecule has 0 unspecified atom stereocenters. The first-order valence-electron chi connectivity index (χ1n) is 7.32. The summed E-state index contributed by atoms with van der Waals surface area (Å²) in [6, 6.07) is 10.3. The highest BCUT2D eigenvalue weighted by atomic mass is 35.5. The van der Waals surface area contributed by atoms with Crippen LogP contribution in [0.25, 0.3) is 0 Å². The molecule has 1 aromatic heterocycles. The summed E-state index contributed by atoms with van der Waals surface area (Å²) in [6.45, 7) is 0. The molecule has 3 rings (SSSR count). The van der Waals surface area contributed by atoms with E-state index in [0.717, 1.165) is 6.07 Å². The Morgan fingerprint density at radius 1 is 1.19 bits per heavy atom. The molecule has 0 saturated carbocycles. The van der Waals surface area contributed by atoms with Crippen LogP contribution in [0.3, 0.4) is 0 Å². The van der Waals surface area contributed by atoms with Gasteiger partial charge in [-0.05, 0) is 18.2 Å². The average Bonchev–Trinajstić information content (AvgIpc) is 2.62. The molecule has 2 aromatic carbocycles. The van der Waals surface area contributed by atoms with E-state index in [1.807, 2.05) is 0 Å². The summed E-state index contributed by atoms with van der Waals surface area (Å²) in [5, 5.41) is 13.4. The molecule has 0 aliphatic rings. The summed E-state index contributed by atoms with van der Waals surface area (Å²) in [5.74, 6) is 0.272. The van der Waals surface area contributed by atoms with Gasteiger partial charge in [0.25, 0.3) is 11.6 Å². The van der Waals surface area contributed by atoms with Gasteiger partial charge in [0.2, 0.25) is 5.88 Å². The third kappa shape index (κ3) is 4.11. The van der Waals surface area contributed by atoms with E-state index in [2.05, 4.69) is 15.3 Å². The second-order valence-corrected chi connectivity index (χ2v) is 5.46. The first-order valence-corrected chi connectivity index (χ1v) is 7.70. The third-order valence-electron chi connectivity index (χ3n) is 3.26.